The molecule has 0 bridgehead atoms. The van der Waals surface area contributed by atoms with E-state index in [1.54, 1.807) is 36.4 Å². The number of nitrogens with one attached hydrogen (secondary N) is 1. The van der Waals surface area contributed by atoms with Gasteiger partial charge in [0.1, 0.15) is 5.75 Å². The van der Waals surface area contributed by atoms with Gasteiger partial charge in [-0.1, -0.05) is 69.3 Å². The first kappa shape index (κ1) is 27.2. The van der Waals surface area contributed by atoms with Gasteiger partial charge in [-0.25, -0.2) is 8.42 Å². The summed E-state index contributed by atoms with van der Waals surface area (Å²) in [4.78, 5) is 15.9. The monoisotopic (exact) mass is 547 g/mol. The van der Waals surface area contributed by atoms with Gasteiger partial charge >= 0.3 is 0 Å². The molecule has 39 heavy (non-hydrogen) atoms. The Morgan fingerprint density at radius 1 is 0.949 bits per heavy atom. The molecule has 3 aromatic rings. The van der Waals surface area contributed by atoms with E-state index in [9.17, 15) is 13.2 Å². The van der Waals surface area contributed by atoms with Gasteiger partial charge in [0.05, 0.1) is 17.1 Å². The number of carbonyl (C=O) groups is 1. The molecule has 206 valence electrons. The van der Waals surface area contributed by atoms with Crippen molar-refractivity contribution < 1.29 is 17.9 Å². The van der Waals surface area contributed by atoms with E-state index >= 15 is 0 Å². The van der Waals surface area contributed by atoms with Gasteiger partial charge in [0.15, 0.2) is 6.10 Å². The standard InChI is InChI=1S/C31H37N3O4S/c1-31(2,3)25-14-15-28-27(19-25)34(39(36,37)26-12-5-4-6-13-26)22-29(38-28)30(35)32-20-23-10-9-11-24(18-23)21-33-16-7-8-17-33/h4-6,9-15,18-19,29H,7-8,16-17,20-22H2,1-3H3,(H,32,35)/t29-/m1/s1. The summed E-state index contributed by atoms with van der Waals surface area (Å²) in [6, 6.07) is 22.1. The van der Waals surface area contributed by atoms with Crippen LogP contribution < -0.4 is 14.4 Å². The van der Waals surface area contributed by atoms with Crippen LogP contribution in [-0.2, 0) is 33.3 Å². The number of carbonyl (C=O) groups excluding carboxylic acids is 1. The van der Waals surface area contributed by atoms with Crippen molar-refractivity contribution in [3.05, 3.63) is 89.5 Å². The van der Waals surface area contributed by atoms with E-state index in [0.717, 1.165) is 30.8 Å². The minimum atomic E-state index is -3.92. The van der Waals surface area contributed by atoms with Crippen molar-refractivity contribution in [1.29, 1.82) is 0 Å². The van der Waals surface area contributed by atoms with E-state index in [-0.39, 0.29) is 22.8 Å². The van der Waals surface area contributed by atoms with E-state index in [1.807, 2.05) is 24.3 Å². The molecule has 0 aliphatic carbocycles. The lowest BCUT2D eigenvalue weighted by molar-refractivity contribution is -0.127. The fourth-order valence-corrected chi connectivity index (χ4v) is 6.63. The second-order valence-electron chi connectivity index (χ2n) is 11.4. The van der Waals surface area contributed by atoms with Crippen LogP contribution in [0.4, 0.5) is 5.69 Å². The lowest BCUT2D eigenvalue weighted by atomic mass is 9.86. The third-order valence-electron chi connectivity index (χ3n) is 7.38. The first-order chi connectivity index (χ1) is 18.6. The lowest BCUT2D eigenvalue weighted by Gasteiger charge is -2.36. The molecule has 0 unspecified atom stereocenters. The van der Waals surface area contributed by atoms with E-state index in [4.69, 9.17) is 4.74 Å². The molecule has 1 amide bonds. The third-order valence-corrected chi connectivity index (χ3v) is 9.18. The van der Waals surface area contributed by atoms with Gasteiger partial charge in [0.2, 0.25) is 0 Å². The average Bonchev–Trinajstić information content (AvgIpc) is 3.44. The number of hydrogen-bond donors (Lipinski definition) is 1. The number of fused-ring (bicyclic) bond motifs is 1. The highest BCUT2D eigenvalue weighted by Gasteiger charge is 2.38. The highest BCUT2D eigenvalue weighted by Crippen LogP contribution is 2.40. The Morgan fingerprint density at radius 3 is 2.38 bits per heavy atom. The smallest absolute Gasteiger partial charge is 0.264 e. The molecule has 0 spiro atoms. The molecule has 8 heteroatoms. The number of hydrogen-bond acceptors (Lipinski definition) is 5. The minimum absolute atomic E-state index is 0.112. The number of ether oxygens (including phenoxy) is 1. The fourth-order valence-electron chi connectivity index (χ4n) is 5.14. The summed E-state index contributed by atoms with van der Waals surface area (Å²) in [5, 5.41) is 2.97. The molecule has 1 N–H and O–H groups in total. The number of rotatable bonds is 7. The van der Waals surface area contributed by atoms with Crippen molar-refractivity contribution in [2.75, 3.05) is 23.9 Å². The predicted octanol–water partition coefficient (Wildman–Crippen LogP) is 4.85. The zero-order chi connectivity index (χ0) is 27.6. The summed E-state index contributed by atoms with van der Waals surface area (Å²) >= 11 is 0. The SMILES string of the molecule is CC(C)(C)c1ccc2c(c1)N(S(=O)(=O)c1ccccc1)C[C@H](C(=O)NCc1cccc(CN3CCCC3)c1)O2. The first-order valence-corrected chi connectivity index (χ1v) is 15.0. The van der Waals surface area contributed by atoms with Crippen molar-refractivity contribution in [3.8, 4) is 5.75 Å². The average molecular weight is 548 g/mol. The first-order valence-electron chi connectivity index (χ1n) is 13.6. The zero-order valence-corrected chi connectivity index (χ0v) is 23.7. The van der Waals surface area contributed by atoms with Gasteiger partial charge in [0, 0.05) is 13.1 Å². The highest BCUT2D eigenvalue weighted by atomic mass is 32.2. The largest absolute Gasteiger partial charge is 0.476 e. The lowest BCUT2D eigenvalue weighted by Crippen LogP contribution is -2.50. The molecular weight excluding hydrogens is 510 g/mol. The van der Waals surface area contributed by atoms with Crippen molar-refractivity contribution >= 4 is 21.6 Å². The minimum Gasteiger partial charge on any atom is -0.476 e. The molecule has 2 aliphatic rings. The van der Waals surface area contributed by atoms with E-state index in [1.165, 1.54) is 22.7 Å². The molecule has 2 heterocycles. The quantitative estimate of drug-likeness (QED) is 0.458. The summed E-state index contributed by atoms with van der Waals surface area (Å²) in [5.41, 5.74) is 3.47. The molecule has 0 saturated carbocycles. The molecule has 0 radical (unpaired) electrons. The normalized spacial score (nSPS) is 17.9. The Bertz CT molecular complexity index is 1430. The number of likely N-dealkylation sites (tertiary alicyclic amines) is 1. The molecule has 2 aliphatic heterocycles. The molecule has 0 aromatic heterocycles. The zero-order valence-electron chi connectivity index (χ0n) is 22.9. The van der Waals surface area contributed by atoms with Crippen molar-refractivity contribution in [1.82, 2.24) is 10.2 Å². The molecule has 1 saturated heterocycles. The summed E-state index contributed by atoms with van der Waals surface area (Å²) in [6.45, 7) is 9.61. The Labute approximate surface area is 231 Å². The molecule has 5 rings (SSSR count). The Morgan fingerprint density at radius 2 is 1.67 bits per heavy atom. The second kappa shape index (κ2) is 11.0. The Balaban J connectivity index is 1.36. The number of anilines is 1. The molecular formula is C31H37N3O4S. The summed E-state index contributed by atoms with van der Waals surface area (Å²) in [6.07, 6.45) is 1.51. The number of nitrogens with zero attached hydrogens (tertiary/aromatic N) is 2. The number of benzene rings is 3. The highest BCUT2D eigenvalue weighted by molar-refractivity contribution is 7.92. The summed E-state index contributed by atoms with van der Waals surface area (Å²) in [7, 11) is -3.92. The number of sulfonamides is 1. The van der Waals surface area contributed by atoms with Crippen LogP contribution in [0.1, 0.15) is 50.3 Å². The maximum Gasteiger partial charge on any atom is 0.264 e. The van der Waals surface area contributed by atoms with Crippen molar-refractivity contribution in [3.63, 3.8) is 0 Å². The fraction of sp³-hybridized carbons (Fsp3) is 0.387. The van der Waals surface area contributed by atoms with E-state index in [2.05, 4.69) is 43.1 Å². The van der Waals surface area contributed by atoms with Crippen molar-refractivity contribution in [2.45, 2.75) is 63.1 Å². The summed E-state index contributed by atoms with van der Waals surface area (Å²) < 4.78 is 35.0. The third kappa shape index (κ3) is 6.12. The molecule has 3 aromatic carbocycles. The molecule has 7 nitrogen and oxygen atoms in total. The van der Waals surface area contributed by atoms with Gasteiger partial charge in [-0.2, -0.15) is 0 Å². The van der Waals surface area contributed by atoms with E-state index < -0.39 is 16.1 Å². The van der Waals surface area contributed by atoms with Crippen molar-refractivity contribution in [2.24, 2.45) is 0 Å². The van der Waals surface area contributed by atoms with Crippen LogP contribution in [0.2, 0.25) is 0 Å². The van der Waals surface area contributed by atoms with Crippen LogP contribution in [-0.4, -0.2) is 45.0 Å². The molecule has 1 fully saturated rings. The van der Waals surface area contributed by atoms with Crippen LogP contribution in [0.5, 0.6) is 5.75 Å². The maximum atomic E-state index is 13.8. The Hall–Kier alpha value is -3.36. The topological polar surface area (TPSA) is 79.0 Å². The van der Waals surface area contributed by atoms with Crippen LogP contribution in [0.25, 0.3) is 0 Å². The summed E-state index contributed by atoms with van der Waals surface area (Å²) in [5.74, 6) is 0.0280. The van der Waals surface area contributed by atoms with Crippen LogP contribution in [0.3, 0.4) is 0 Å². The van der Waals surface area contributed by atoms with Crippen LogP contribution in [0, 0.1) is 0 Å². The van der Waals surface area contributed by atoms with Gasteiger partial charge in [-0.15, -0.1) is 0 Å². The van der Waals surface area contributed by atoms with Gasteiger partial charge in [0.25, 0.3) is 15.9 Å². The van der Waals surface area contributed by atoms with Gasteiger partial charge < -0.3 is 10.1 Å². The van der Waals surface area contributed by atoms with Crippen LogP contribution >= 0.6 is 0 Å². The number of amides is 1. The predicted molar refractivity (Wildman–Crippen MR) is 153 cm³/mol. The second-order valence-corrected chi connectivity index (χ2v) is 13.3. The van der Waals surface area contributed by atoms with E-state index in [0.29, 0.717) is 18.0 Å². The molecule has 1 atom stereocenters. The Kier molecular flexibility index (Phi) is 7.69. The maximum absolute atomic E-state index is 13.8. The van der Waals surface area contributed by atoms with Gasteiger partial charge in [-0.05, 0) is 72.3 Å². The van der Waals surface area contributed by atoms with Gasteiger partial charge in [-0.3, -0.25) is 14.0 Å². The van der Waals surface area contributed by atoms with Crippen LogP contribution in [0.15, 0.2) is 77.7 Å².